The smallest absolute Gasteiger partial charge is 0.238 e. The molecular formula is C15H21N3O3. The zero-order valence-corrected chi connectivity index (χ0v) is 12.4. The van der Waals surface area contributed by atoms with Gasteiger partial charge in [0.05, 0.1) is 24.0 Å². The summed E-state index contributed by atoms with van der Waals surface area (Å²) in [6.07, 6.45) is 1.16. The Morgan fingerprint density at radius 3 is 2.52 bits per heavy atom. The molecule has 1 aliphatic rings. The van der Waals surface area contributed by atoms with Gasteiger partial charge in [0.15, 0.2) is 0 Å². The Hall–Kier alpha value is -1.92. The third kappa shape index (κ3) is 4.54. The van der Waals surface area contributed by atoms with Crippen LogP contribution < -0.4 is 10.6 Å². The summed E-state index contributed by atoms with van der Waals surface area (Å²) in [5, 5.41) is 5.54. The van der Waals surface area contributed by atoms with Crippen LogP contribution in [0.2, 0.25) is 0 Å². The van der Waals surface area contributed by atoms with E-state index in [9.17, 15) is 9.59 Å². The van der Waals surface area contributed by atoms with Crippen molar-refractivity contribution in [3.8, 4) is 0 Å². The number of nitrogens with zero attached hydrogens (tertiary/aromatic N) is 1. The molecule has 0 bridgehead atoms. The van der Waals surface area contributed by atoms with Gasteiger partial charge in [0.1, 0.15) is 0 Å². The Balaban J connectivity index is 1.92. The quantitative estimate of drug-likeness (QED) is 0.858. The van der Waals surface area contributed by atoms with Crippen molar-refractivity contribution in [1.29, 1.82) is 0 Å². The van der Waals surface area contributed by atoms with Crippen molar-refractivity contribution in [2.24, 2.45) is 0 Å². The molecule has 6 heteroatoms. The number of methoxy groups -OCH3 is 1. The molecule has 0 radical (unpaired) electrons. The van der Waals surface area contributed by atoms with Crippen molar-refractivity contribution in [1.82, 2.24) is 4.90 Å². The number of carbonyl (C=O) groups excluding carboxylic acids is 2. The Morgan fingerprint density at radius 2 is 1.95 bits per heavy atom. The second-order valence-electron chi connectivity index (χ2n) is 5.16. The van der Waals surface area contributed by atoms with Crippen LogP contribution in [0.15, 0.2) is 24.3 Å². The highest BCUT2D eigenvalue weighted by Crippen LogP contribution is 2.21. The predicted octanol–water partition coefficient (Wildman–Crippen LogP) is 1.30. The topological polar surface area (TPSA) is 70.7 Å². The third-order valence-electron chi connectivity index (χ3n) is 3.44. The Bertz CT molecular complexity index is 519. The van der Waals surface area contributed by atoms with E-state index in [1.165, 1.54) is 6.92 Å². The first-order valence-electron chi connectivity index (χ1n) is 7.00. The van der Waals surface area contributed by atoms with Crippen molar-refractivity contribution in [3.63, 3.8) is 0 Å². The van der Waals surface area contributed by atoms with Gasteiger partial charge in [-0.25, -0.2) is 0 Å². The summed E-state index contributed by atoms with van der Waals surface area (Å²) < 4.78 is 5.28. The molecule has 1 heterocycles. The summed E-state index contributed by atoms with van der Waals surface area (Å²) in [7, 11) is 1.69. The first kappa shape index (κ1) is 15.5. The number of benzene rings is 1. The summed E-state index contributed by atoms with van der Waals surface area (Å²) >= 11 is 0. The van der Waals surface area contributed by atoms with Gasteiger partial charge in [0.2, 0.25) is 11.8 Å². The van der Waals surface area contributed by atoms with Crippen LogP contribution in [-0.2, 0) is 14.3 Å². The number of hydrogen-bond donors (Lipinski definition) is 2. The first-order chi connectivity index (χ1) is 10.1. The maximum absolute atomic E-state index is 12.1. The molecule has 0 aliphatic carbocycles. The molecule has 2 rings (SSSR count). The van der Waals surface area contributed by atoms with E-state index in [0.717, 1.165) is 19.5 Å². The van der Waals surface area contributed by atoms with Gasteiger partial charge in [-0.2, -0.15) is 0 Å². The van der Waals surface area contributed by atoms with Gasteiger partial charge in [-0.3, -0.25) is 14.5 Å². The van der Waals surface area contributed by atoms with Gasteiger partial charge in [-0.05, 0) is 18.6 Å². The number of hydrogen-bond acceptors (Lipinski definition) is 4. The van der Waals surface area contributed by atoms with E-state index in [0.29, 0.717) is 17.9 Å². The number of ether oxygens (including phenoxy) is 1. The Kier molecular flexibility index (Phi) is 5.30. The van der Waals surface area contributed by atoms with Crippen LogP contribution in [0, 0.1) is 0 Å². The lowest BCUT2D eigenvalue weighted by atomic mass is 10.2. The van der Waals surface area contributed by atoms with E-state index < -0.39 is 0 Å². The number of likely N-dealkylation sites (tertiary alicyclic amines) is 1. The van der Waals surface area contributed by atoms with Crippen LogP contribution in [0.1, 0.15) is 13.3 Å². The molecule has 0 spiro atoms. The zero-order valence-electron chi connectivity index (χ0n) is 12.4. The van der Waals surface area contributed by atoms with Crippen LogP contribution in [0.25, 0.3) is 0 Å². The minimum Gasteiger partial charge on any atom is -0.380 e. The molecule has 1 aromatic carbocycles. The summed E-state index contributed by atoms with van der Waals surface area (Å²) in [6, 6.07) is 7.15. The Morgan fingerprint density at radius 1 is 1.29 bits per heavy atom. The molecule has 0 aromatic heterocycles. The molecule has 1 unspecified atom stereocenters. The fraction of sp³-hybridized carbons (Fsp3) is 0.467. The predicted molar refractivity (Wildman–Crippen MR) is 81.2 cm³/mol. The molecule has 21 heavy (non-hydrogen) atoms. The van der Waals surface area contributed by atoms with Crippen molar-refractivity contribution in [2.75, 3.05) is 37.4 Å². The van der Waals surface area contributed by atoms with Gasteiger partial charge in [0.25, 0.3) is 0 Å². The van der Waals surface area contributed by atoms with Crippen molar-refractivity contribution >= 4 is 23.2 Å². The highest BCUT2D eigenvalue weighted by Gasteiger charge is 2.23. The van der Waals surface area contributed by atoms with Crippen LogP contribution in [-0.4, -0.2) is 49.6 Å². The number of carbonyl (C=O) groups is 2. The molecule has 2 N–H and O–H groups in total. The SMILES string of the molecule is COC1CCN(CC(=O)Nc2ccccc2NC(C)=O)C1. The number of amides is 2. The third-order valence-corrected chi connectivity index (χ3v) is 3.44. The van der Waals surface area contributed by atoms with Crippen molar-refractivity contribution in [2.45, 2.75) is 19.4 Å². The largest absolute Gasteiger partial charge is 0.380 e. The lowest BCUT2D eigenvalue weighted by Crippen LogP contribution is -2.32. The first-order valence-corrected chi connectivity index (χ1v) is 7.00. The highest BCUT2D eigenvalue weighted by atomic mass is 16.5. The van der Waals surface area contributed by atoms with E-state index in [1.807, 2.05) is 12.1 Å². The summed E-state index contributed by atoms with van der Waals surface area (Å²) in [5.74, 6) is -0.260. The van der Waals surface area contributed by atoms with E-state index in [1.54, 1.807) is 19.2 Å². The summed E-state index contributed by atoms with van der Waals surface area (Å²) in [4.78, 5) is 25.3. The molecular weight excluding hydrogens is 270 g/mol. The average molecular weight is 291 g/mol. The summed E-state index contributed by atoms with van der Waals surface area (Å²) in [5.41, 5.74) is 1.22. The van der Waals surface area contributed by atoms with Crippen LogP contribution in [0.4, 0.5) is 11.4 Å². The number of anilines is 2. The molecule has 1 fully saturated rings. The van der Waals surface area contributed by atoms with Gasteiger partial charge in [0, 0.05) is 27.1 Å². The normalized spacial score (nSPS) is 18.5. The second-order valence-corrected chi connectivity index (χ2v) is 5.16. The minimum absolute atomic E-state index is 0.0930. The lowest BCUT2D eigenvalue weighted by Gasteiger charge is -2.16. The van der Waals surface area contributed by atoms with Gasteiger partial charge in [-0.1, -0.05) is 12.1 Å². The number of nitrogens with one attached hydrogen (secondary N) is 2. The Labute approximate surface area is 124 Å². The average Bonchev–Trinajstić information content (AvgIpc) is 2.88. The number of para-hydroxylation sites is 2. The van der Waals surface area contributed by atoms with E-state index in [4.69, 9.17) is 4.74 Å². The molecule has 114 valence electrons. The van der Waals surface area contributed by atoms with Crippen LogP contribution in [0.3, 0.4) is 0 Å². The van der Waals surface area contributed by atoms with Gasteiger partial charge in [-0.15, -0.1) is 0 Å². The molecule has 6 nitrogen and oxygen atoms in total. The molecule has 2 amide bonds. The maximum atomic E-state index is 12.1. The van der Waals surface area contributed by atoms with Gasteiger partial charge < -0.3 is 15.4 Å². The fourth-order valence-electron chi connectivity index (χ4n) is 2.42. The van der Waals surface area contributed by atoms with E-state index in [-0.39, 0.29) is 17.9 Å². The van der Waals surface area contributed by atoms with Gasteiger partial charge >= 0.3 is 0 Å². The molecule has 1 aliphatic heterocycles. The van der Waals surface area contributed by atoms with E-state index in [2.05, 4.69) is 15.5 Å². The highest BCUT2D eigenvalue weighted by molar-refractivity contribution is 5.99. The minimum atomic E-state index is -0.167. The maximum Gasteiger partial charge on any atom is 0.238 e. The van der Waals surface area contributed by atoms with E-state index >= 15 is 0 Å². The standard InChI is InChI=1S/C15H21N3O3/c1-11(19)16-13-5-3-4-6-14(13)17-15(20)10-18-8-7-12(9-18)21-2/h3-6,12H,7-10H2,1-2H3,(H,16,19)(H,17,20). The number of rotatable bonds is 5. The molecule has 1 atom stereocenters. The fourth-order valence-corrected chi connectivity index (χ4v) is 2.42. The lowest BCUT2D eigenvalue weighted by molar-refractivity contribution is -0.117. The monoisotopic (exact) mass is 291 g/mol. The van der Waals surface area contributed by atoms with Crippen molar-refractivity contribution in [3.05, 3.63) is 24.3 Å². The molecule has 1 aromatic rings. The summed E-state index contributed by atoms with van der Waals surface area (Å²) in [6.45, 7) is 3.40. The zero-order chi connectivity index (χ0) is 15.2. The van der Waals surface area contributed by atoms with Crippen LogP contribution >= 0.6 is 0 Å². The molecule has 1 saturated heterocycles. The van der Waals surface area contributed by atoms with Crippen molar-refractivity contribution < 1.29 is 14.3 Å². The second kappa shape index (κ2) is 7.19. The van der Waals surface area contributed by atoms with Crippen LogP contribution in [0.5, 0.6) is 0 Å². The molecule has 0 saturated carbocycles.